The van der Waals surface area contributed by atoms with E-state index in [0.29, 0.717) is 16.8 Å². The molecule has 0 spiro atoms. The van der Waals surface area contributed by atoms with E-state index in [1.807, 2.05) is 23.6 Å². The van der Waals surface area contributed by atoms with Gasteiger partial charge in [0.2, 0.25) is 5.91 Å². The third-order valence-corrected chi connectivity index (χ3v) is 5.39. The first-order valence-corrected chi connectivity index (χ1v) is 9.86. The van der Waals surface area contributed by atoms with Crippen LogP contribution in [-0.2, 0) is 4.79 Å². The Hall–Kier alpha value is -2.58. The highest BCUT2D eigenvalue weighted by molar-refractivity contribution is 7.14. The molecule has 7 nitrogen and oxygen atoms in total. The largest absolute Gasteiger partial charge is 0.354 e. The Balaban J connectivity index is 1.41. The molecule has 4 rings (SSSR count). The zero-order valence-corrected chi connectivity index (χ0v) is 16.0. The number of hydrogen-bond donors (Lipinski definition) is 1. The predicted molar refractivity (Wildman–Crippen MR) is 106 cm³/mol. The van der Waals surface area contributed by atoms with Crippen LogP contribution in [0.1, 0.15) is 12.8 Å². The number of pyridine rings is 1. The van der Waals surface area contributed by atoms with Crippen molar-refractivity contribution in [3.05, 3.63) is 47.2 Å². The molecule has 1 aliphatic rings. The molecule has 3 aromatic heterocycles. The van der Waals surface area contributed by atoms with E-state index in [1.165, 1.54) is 11.3 Å². The number of carbonyl (C=O) groups excluding carboxylic acids is 1. The lowest BCUT2D eigenvalue weighted by Crippen LogP contribution is -2.41. The van der Waals surface area contributed by atoms with Crippen LogP contribution in [-0.4, -0.2) is 39.2 Å². The maximum Gasteiger partial charge on any atom is 0.231 e. The van der Waals surface area contributed by atoms with Gasteiger partial charge >= 0.3 is 0 Å². The van der Waals surface area contributed by atoms with Crippen molar-refractivity contribution in [3.8, 4) is 11.3 Å². The van der Waals surface area contributed by atoms with Gasteiger partial charge in [-0.25, -0.2) is 4.98 Å². The normalized spacial score (nSPS) is 16.9. The second kappa shape index (κ2) is 7.98. The number of amides is 1. The fraction of sp³-hybridized carbons (Fsp3) is 0.278. The average Bonchev–Trinajstić information content (AvgIpc) is 3.18. The van der Waals surface area contributed by atoms with E-state index >= 15 is 0 Å². The smallest absolute Gasteiger partial charge is 0.231 e. The molecule has 3 aromatic rings. The van der Waals surface area contributed by atoms with Gasteiger partial charge in [-0.3, -0.25) is 9.78 Å². The first-order valence-electron chi connectivity index (χ1n) is 8.60. The van der Waals surface area contributed by atoms with Crippen molar-refractivity contribution in [1.82, 2.24) is 20.2 Å². The number of rotatable bonds is 4. The maximum atomic E-state index is 12.7. The summed E-state index contributed by atoms with van der Waals surface area (Å²) in [7, 11) is 0. The zero-order chi connectivity index (χ0) is 18.6. The fourth-order valence-electron chi connectivity index (χ4n) is 3.06. The summed E-state index contributed by atoms with van der Waals surface area (Å²) < 4.78 is 0. The SMILES string of the molecule is O=C(Nc1nc(-c2cccnc2)cs1)[C@H]1CCCN(c2ccc(Cl)nn2)C1. The molecule has 0 aromatic carbocycles. The van der Waals surface area contributed by atoms with Crippen LogP contribution in [0.25, 0.3) is 11.3 Å². The summed E-state index contributed by atoms with van der Waals surface area (Å²) in [6, 6.07) is 7.35. The van der Waals surface area contributed by atoms with Crippen LogP contribution in [0.15, 0.2) is 42.0 Å². The highest BCUT2D eigenvalue weighted by atomic mass is 35.5. The molecule has 0 saturated carbocycles. The minimum absolute atomic E-state index is 0.0197. The van der Waals surface area contributed by atoms with E-state index in [-0.39, 0.29) is 11.8 Å². The Kier molecular flexibility index (Phi) is 5.26. The van der Waals surface area contributed by atoms with Crippen LogP contribution in [0.2, 0.25) is 5.15 Å². The van der Waals surface area contributed by atoms with E-state index in [9.17, 15) is 4.79 Å². The highest BCUT2D eigenvalue weighted by Gasteiger charge is 2.27. The van der Waals surface area contributed by atoms with E-state index < -0.39 is 0 Å². The number of aromatic nitrogens is 4. The van der Waals surface area contributed by atoms with Crippen LogP contribution in [0, 0.1) is 5.92 Å². The molecule has 1 amide bonds. The average molecular weight is 401 g/mol. The lowest BCUT2D eigenvalue weighted by atomic mass is 9.97. The molecule has 1 N–H and O–H groups in total. The third-order valence-electron chi connectivity index (χ3n) is 4.43. The molecule has 1 aliphatic heterocycles. The van der Waals surface area contributed by atoms with Gasteiger partial charge in [0.15, 0.2) is 16.1 Å². The molecule has 4 heterocycles. The summed E-state index contributed by atoms with van der Waals surface area (Å²) in [5, 5.41) is 13.8. The van der Waals surface area contributed by atoms with E-state index in [1.54, 1.807) is 18.5 Å². The molecule has 27 heavy (non-hydrogen) atoms. The number of hydrogen-bond acceptors (Lipinski definition) is 7. The number of halogens is 1. The van der Waals surface area contributed by atoms with Gasteiger partial charge < -0.3 is 10.2 Å². The standard InChI is InChI=1S/C18H17ClN6OS/c19-15-5-6-16(24-23-15)25-8-2-4-13(10-25)17(26)22-18-21-14(11-27-18)12-3-1-7-20-9-12/h1,3,5-7,9,11,13H,2,4,8,10H2,(H,21,22,26)/t13-/m0/s1. The van der Waals surface area contributed by atoms with Crippen molar-refractivity contribution in [1.29, 1.82) is 0 Å². The second-order valence-electron chi connectivity index (χ2n) is 6.27. The van der Waals surface area contributed by atoms with Gasteiger partial charge in [0.1, 0.15) is 0 Å². The molecule has 0 radical (unpaired) electrons. The van der Waals surface area contributed by atoms with Crippen LogP contribution in [0.5, 0.6) is 0 Å². The van der Waals surface area contributed by atoms with E-state index in [0.717, 1.165) is 36.5 Å². The first-order chi connectivity index (χ1) is 13.2. The van der Waals surface area contributed by atoms with Crippen molar-refractivity contribution in [2.45, 2.75) is 12.8 Å². The Morgan fingerprint density at radius 1 is 1.30 bits per heavy atom. The summed E-state index contributed by atoms with van der Waals surface area (Å²) in [6.45, 7) is 1.45. The lowest BCUT2D eigenvalue weighted by molar-refractivity contribution is -0.120. The zero-order valence-electron chi connectivity index (χ0n) is 14.4. The molecule has 0 aliphatic carbocycles. The topological polar surface area (TPSA) is 83.9 Å². The highest BCUT2D eigenvalue weighted by Crippen LogP contribution is 2.26. The van der Waals surface area contributed by atoms with Crippen molar-refractivity contribution in [2.75, 3.05) is 23.3 Å². The molecule has 0 bridgehead atoms. The lowest BCUT2D eigenvalue weighted by Gasteiger charge is -2.32. The Bertz CT molecular complexity index is 917. The van der Waals surface area contributed by atoms with Crippen molar-refractivity contribution in [2.24, 2.45) is 5.92 Å². The van der Waals surface area contributed by atoms with Gasteiger partial charge in [-0.2, -0.15) is 0 Å². The molecule has 138 valence electrons. The fourth-order valence-corrected chi connectivity index (χ4v) is 3.89. The Morgan fingerprint density at radius 2 is 2.22 bits per heavy atom. The van der Waals surface area contributed by atoms with Gasteiger partial charge in [0.25, 0.3) is 0 Å². The summed E-state index contributed by atoms with van der Waals surface area (Å²) in [5.74, 6) is 0.598. The Labute approximate surface area is 165 Å². The van der Waals surface area contributed by atoms with Gasteiger partial charge in [0, 0.05) is 36.4 Å². The quantitative estimate of drug-likeness (QED) is 0.721. The van der Waals surface area contributed by atoms with Gasteiger partial charge in [-0.05, 0) is 37.1 Å². The molecular formula is C18H17ClN6OS. The van der Waals surface area contributed by atoms with Gasteiger partial charge in [-0.15, -0.1) is 21.5 Å². The third kappa shape index (κ3) is 4.23. The first kappa shape index (κ1) is 17.8. The maximum absolute atomic E-state index is 12.7. The number of anilines is 2. The summed E-state index contributed by atoms with van der Waals surface area (Å²) >= 11 is 7.21. The van der Waals surface area contributed by atoms with Crippen molar-refractivity contribution >= 4 is 39.8 Å². The monoisotopic (exact) mass is 400 g/mol. The van der Waals surface area contributed by atoms with Crippen LogP contribution in [0.3, 0.4) is 0 Å². The molecule has 1 atom stereocenters. The van der Waals surface area contributed by atoms with Crippen LogP contribution in [0.4, 0.5) is 10.9 Å². The number of carbonyl (C=O) groups is 1. The van der Waals surface area contributed by atoms with Gasteiger partial charge in [0.05, 0.1) is 11.6 Å². The number of nitrogens with one attached hydrogen (secondary N) is 1. The van der Waals surface area contributed by atoms with E-state index in [4.69, 9.17) is 11.6 Å². The van der Waals surface area contributed by atoms with Crippen molar-refractivity contribution in [3.63, 3.8) is 0 Å². The minimum Gasteiger partial charge on any atom is -0.354 e. The molecule has 9 heteroatoms. The molecular weight excluding hydrogens is 384 g/mol. The molecule has 1 saturated heterocycles. The summed E-state index contributed by atoms with van der Waals surface area (Å²) in [5.41, 5.74) is 1.74. The van der Waals surface area contributed by atoms with Crippen LogP contribution >= 0.6 is 22.9 Å². The van der Waals surface area contributed by atoms with E-state index in [2.05, 4.69) is 30.4 Å². The molecule has 1 fully saturated rings. The van der Waals surface area contributed by atoms with Crippen molar-refractivity contribution < 1.29 is 4.79 Å². The summed E-state index contributed by atoms with van der Waals surface area (Å²) in [6.07, 6.45) is 5.23. The summed E-state index contributed by atoms with van der Waals surface area (Å²) in [4.78, 5) is 23.4. The van der Waals surface area contributed by atoms with Gasteiger partial charge in [-0.1, -0.05) is 11.6 Å². The predicted octanol–water partition coefficient (Wildman–Crippen LogP) is 3.50. The number of thiazole rings is 1. The minimum atomic E-state index is -0.123. The van der Waals surface area contributed by atoms with Crippen LogP contribution < -0.4 is 10.2 Å². The number of nitrogens with zero attached hydrogens (tertiary/aromatic N) is 5. The molecule has 0 unspecified atom stereocenters. The number of piperidine rings is 1. The Morgan fingerprint density at radius 3 is 3.00 bits per heavy atom. The second-order valence-corrected chi connectivity index (χ2v) is 7.51.